The van der Waals surface area contributed by atoms with E-state index in [4.69, 9.17) is 10.00 Å². The predicted octanol–water partition coefficient (Wildman–Crippen LogP) is 4.17. The molecule has 4 heteroatoms. The highest BCUT2D eigenvalue weighted by Crippen LogP contribution is 2.18. The number of amides is 1. The van der Waals surface area contributed by atoms with Gasteiger partial charge in [0.1, 0.15) is 5.75 Å². The Morgan fingerprint density at radius 3 is 2.12 bits per heavy atom. The van der Waals surface area contributed by atoms with Crippen molar-refractivity contribution in [3.05, 3.63) is 96.1 Å². The molecule has 0 aliphatic carbocycles. The minimum absolute atomic E-state index is 0.0758. The number of ether oxygens (including phenoxy) is 1. The third kappa shape index (κ3) is 4.49. The van der Waals surface area contributed by atoms with E-state index in [1.165, 1.54) is 0 Å². The normalized spacial score (nSPS) is 9.96. The average Bonchev–Trinajstić information content (AvgIpc) is 2.72. The van der Waals surface area contributed by atoms with Gasteiger partial charge in [0.05, 0.1) is 18.2 Å². The molecule has 0 bridgehead atoms. The fourth-order valence-electron chi connectivity index (χ4n) is 2.55. The fourth-order valence-corrected chi connectivity index (χ4v) is 2.55. The number of hydrogen-bond acceptors (Lipinski definition) is 3. The molecule has 0 saturated heterocycles. The summed E-state index contributed by atoms with van der Waals surface area (Å²) in [6.45, 7) is 0.397. The van der Waals surface area contributed by atoms with Gasteiger partial charge in [-0.15, -0.1) is 0 Å². The molecule has 0 unspecified atom stereocenters. The molecule has 4 nitrogen and oxygen atoms in total. The van der Waals surface area contributed by atoms with Crippen LogP contribution in [0.1, 0.15) is 11.1 Å². The van der Waals surface area contributed by atoms with E-state index in [9.17, 15) is 4.79 Å². The van der Waals surface area contributed by atoms with Crippen molar-refractivity contribution in [3.8, 4) is 11.8 Å². The summed E-state index contributed by atoms with van der Waals surface area (Å²) < 4.78 is 5.61. The highest BCUT2D eigenvalue weighted by atomic mass is 16.5. The Kier molecular flexibility index (Phi) is 5.64. The van der Waals surface area contributed by atoms with E-state index < -0.39 is 0 Å². The number of carbonyl (C=O) groups is 1. The van der Waals surface area contributed by atoms with E-state index in [0.717, 1.165) is 11.3 Å². The quantitative estimate of drug-likeness (QED) is 0.675. The second-order valence-corrected chi connectivity index (χ2v) is 5.73. The summed E-state index contributed by atoms with van der Waals surface area (Å²) in [4.78, 5) is 14.5. The number of benzene rings is 3. The minimum Gasteiger partial charge on any atom is -0.484 e. The van der Waals surface area contributed by atoms with E-state index in [2.05, 4.69) is 6.07 Å². The fraction of sp³-hybridized carbons (Fsp3) is 0.0909. The van der Waals surface area contributed by atoms with Gasteiger partial charge < -0.3 is 9.64 Å². The van der Waals surface area contributed by atoms with Crippen LogP contribution in [0.3, 0.4) is 0 Å². The monoisotopic (exact) mass is 342 g/mol. The Morgan fingerprint density at radius 2 is 1.50 bits per heavy atom. The molecule has 0 saturated carbocycles. The summed E-state index contributed by atoms with van der Waals surface area (Å²) in [5, 5.41) is 8.83. The average molecular weight is 342 g/mol. The number of nitriles is 1. The Morgan fingerprint density at radius 1 is 0.885 bits per heavy atom. The zero-order valence-electron chi connectivity index (χ0n) is 14.2. The molecule has 0 heterocycles. The van der Waals surface area contributed by atoms with Crippen molar-refractivity contribution >= 4 is 11.6 Å². The standard InChI is InChI=1S/C22H18N2O2/c23-15-18-11-13-21(14-12-18)26-17-22(25)24(20-9-5-2-6-10-20)16-19-7-3-1-4-8-19/h1-14H,16-17H2. The van der Waals surface area contributed by atoms with Crippen LogP contribution in [0.2, 0.25) is 0 Å². The van der Waals surface area contributed by atoms with Crippen LogP contribution in [0.5, 0.6) is 5.75 Å². The lowest BCUT2D eigenvalue weighted by Crippen LogP contribution is -2.34. The maximum atomic E-state index is 12.8. The lowest BCUT2D eigenvalue weighted by atomic mass is 10.2. The SMILES string of the molecule is N#Cc1ccc(OCC(=O)N(Cc2ccccc2)c2ccccc2)cc1. The first-order chi connectivity index (χ1) is 12.8. The van der Waals surface area contributed by atoms with Crippen LogP contribution in [0.25, 0.3) is 0 Å². The number of carbonyl (C=O) groups excluding carboxylic acids is 1. The van der Waals surface area contributed by atoms with Crippen molar-refractivity contribution in [2.75, 3.05) is 11.5 Å². The molecule has 0 N–H and O–H groups in total. The Hall–Kier alpha value is -3.58. The van der Waals surface area contributed by atoms with Crippen molar-refractivity contribution in [2.24, 2.45) is 0 Å². The number of anilines is 1. The van der Waals surface area contributed by atoms with Crippen LogP contribution in [0.15, 0.2) is 84.9 Å². The Bertz CT molecular complexity index is 885. The van der Waals surface area contributed by atoms with Crippen LogP contribution < -0.4 is 9.64 Å². The summed E-state index contributed by atoms with van der Waals surface area (Å²) in [7, 11) is 0. The largest absolute Gasteiger partial charge is 0.484 e. The molecule has 0 aliphatic rings. The second kappa shape index (κ2) is 8.50. The van der Waals surface area contributed by atoms with Crippen molar-refractivity contribution < 1.29 is 9.53 Å². The first-order valence-corrected chi connectivity index (χ1v) is 8.28. The second-order valence-electron chi connectivity index (χ2n) is 5.73. The van der Waals surface area contributed by atoms with Crippen LogP contribution in [-0.4, -0.2) is 12.5 Å². The molecule has 26 heavy (non-hydrogen) atoms. The Labute approximate surface area is 152 Å². The summed E-state index contributed by atoms with van der Waals surface area (Å²) in [6.07, 6.45) is 0. The maximum Gasteiger partial charge on any atom is 0.265 e. The smallest absolute Gasteiger partial charge is 0.265 e. The first kappa shape index (κ1) is 17.2. The van der Waals surface area contributed by atoms with Gasteiger partial charge in [-0.25, -0.2) is 0 Å². The molecule has 0 aliphatic heterocycles. The van der Waals surface area contributed by atoms with Crippen LogP contribution in [-0.2, 0) is 11.3 Å². The van der Waals surface area contributed by atoms with Crippen molar-refractivity contribution in [1.29, 1.82) is 5.26 Å². The Balaban J connectivity index is 1.73. The van der Waals surface area contributed by atoms with Gasteiger partial charge in [0.25, 0.3) is 5.91 Å². The van der Waals surface area contributed by atoms with E-state index in [0.29, 0.717) is 17.9 Å². The van der Waals surface area contributed by atoms with E-state index in [-0.39, 0.29) is 12.5 Å². The summed E-state index contributed by atoms with van der Waals surface area (Å²) >= 11 is 0. The molecule has 3 rings (SSSR count). The van der Waals surface area contributed by atoms with Crippen molar-refractivity contribution in [2.45, 2.75) is 6.54 Å². The lowest BCUT2D eigenvalue weighted by molar-refractivity contribution is -0.120. The predicted molar refractivity (Wildman–Crippen MR) is 101 cm³/mol. The van der Waals surface area contributed by atoms with E-state index >= 15 is 0 Å². The molecule has 3 aromatic rings. The molecule has 0 aromatic heterocycles. The zero-order chi connectivity index (χ0) is 18.2. The van der Waals surface area contributed by atoms with Gasteiger partial charge in [-0.05, 0) is 42.0 Å². The van der Waals surface area contributed by atoms with Crippen molar-refractivity contribution in [1.82, 2.24) is 0 Å². The summed E-state index contributed by atoms with van der Waals surface area (Å²) in [5.74, 6) is 0.425. The molecule has 128 valence electrons. The molecule has 0 fully saturated rings. The number of nitrogens with zero attached hydrogens (tertiary/aromatic N) is 2. The molecule has 1 amide bonds. The number of hydrogen-bond donors (Lipinski definition) is 0. The number of rotatable bonds is 6. The minimum atomic E-state index is -0.135. The van der Waals surface area contributed by atoms with Gasteiger partial charge in [0.2, 0.25) is 0 Å². The highest BCUT2D eigenvalue weighted by molar-refractivity contribution is 5.94. The van der Waals surface area contributed by atoms with Crippen LogP contribution in [0.4, 0.5) is 5.69 Å². The summed E-state index contributed by atoms with van der Waals surface area (Å²) in [6, 6.07) is 28.1. The third-order valence-corrected chi connectivity index (χ3v) is 3.90. The molecular formula is C22H18N2O2. The topological polar surface area (TPSA) is 53.3 Å². The van der Waals surface area contributed by atoms with Crippen LogP contribution in [0, 0.1) is 11.3 Å². The van der Waals surface area contributed by atoms with E-state index in [1.807, 2.05) is 60.7 Å². The van der Waals surface area contributed by atoms with Gasteiger partial charge in [0.15, 0.2) is 6.61 Å². The molecule has 0 spiro atoms. The van der Waals surface area contributed by atoms with Gasteiger partial charge >= 0.3 is 0 Å². The third-order valence-electron chi connectivity index (χ3n) is 3.90. The lowest BCUT2D eigenvalue weighted by Gasteiger charge is -2.23. The molecule has 3 aromatic carbocycles. The first-order valence-electron chi connectivity index (χ1n) is 8.28. The maximum absolute atomic E-state index is 12.8. The summed E-state index contributed by atoms with van der Waals surface area (Å²) in [5.41, 5.74) is 2.42. The van der Waals surface area contributed by atoms with Crippen LogP contribution >= 0.6 is 0 Å². The van der Waals surface area contributed by atoms with Gasteiger partial charge in [0, 0.05) is 5.69 Å². The zero-order valence-corrected chi connectivity index (χ0v) is 14.2. The molecule has 0 atom stereocenters. The van der Waals surface area contributed by atoms with E-state index in [1.54, 1.807) is 29.2 Å². The highest BCUT2D eigenvalue weighted by Gasteiger charge is 2.16. The van der Waals surface area contributed by atoms with Crippen molar-refractivity contribution in [3.63, 3.8) is 0 Å². The molecular weight excluding hydrogens is 324 g/mol. The molecule has 0 radical (unpaired) electrons. The van der Waals surface area contributed by atoms with Gasteiger partial charge in [-0.1, -0.05) is 48.5 Å². The van der Waals surface area contributed by atoms with Gasteiger partial charge in [-0.3, -0.25) is 4.79 Å². The number of para-hydroxylation sites is 1. The van der Waals surface area contributed by atoms with Gasteiger partial charge in [-0.2, -0.15) is 5.26 Å².